The number of nitrogens with zero attached hydrogens (tertiary/aromatic N) is 1. The topological polar surface area (TPSA) is 57.6 Å². The van der Waals surface area contributed by atoms with Crippen LogP contribution in [0.5, 0.6) is 0 Å². The smallest absolute Gasteiger partial charge is 0.303 e. The van der Waals surface area contributed by atoms with Crippen molar-refractivity contribution in [1.29, 1.82) is 0 Å². The highest BCUT2D eigenvalue weighted by atomic mass is 35.5. The Morgan fingerprint density at radius 3 is 2.94 bits per heavy atom. The van der Waals surface area contributed by atoms with Gasteiger partial charge in [-0.3, -0.25) is 9.59 Å². The molecular weight excluding hydrogens is 242 g/mol. The Bertz CT molecular complexity index is 487. The van der Waals surface area contributed by atoms with E-state index in [0.717, 1.165) is 11.3 Å². The molecule has 17 heavy (non-hydrogen) atoms. The van der Waals surface area contributed by atoms with Gasteiger partial charge in [-0.2, -0.15) is 0 Å². The van der Waals surface area contributed by atoms with Crippen molar-refractivity contribution in [2.75, 3.05) is 11.9 Å². The third-order valence-corrected chi connectivity index (χ3v) is 3.24. The van der Waals surface area contributed by atoms with Crippen molar-refractivity contribution in [1.82, 2.24) is 0 Å². The molecule has 1 atom stereocenters. The van der Waals surface area contributed by atoms with Crippen LogP contribution in [0.4, 0.5) is 5.69 Å². The van der Waals surface area contributed by atoms with Crippen molar-refractivity contribution in [3.63, 3.8) is 0 Å². The fraction of sp³-hybridized carbons (Fsp3) is 0.333. The summed E-state index contributed by atoms with van der Waals surface area (Å²) in [4.78, 5) is 24.1. The minimum absolute atomic E-state index is 0.0487. The summed E-state index contributed by atoms with van der Waals surface area (Å²) >= 11 is 5.91. The second-order valence-corrected chi connectivity index (χ2v) is 4.59. The Hall–Kier alpha value is -1.55. The summed E-state index contributed by atoms with van der Waals surface area (Å²) in [5, 5.41) is 9.41. The maximum absolute atomic E-state index is 11.7. The average Bonchev–Trinajstić information content (AvgIpc) is 2.25. The number of carbonyl (C=O) groups excluding carboxylic acids is 1. The Balaban J connectivity index is 2.46. The van der Waals surface area contributed by atoms with Crippen molar-refractivity contribution >= 4 is 29.2 Å². The zero-order valence-corrected chi connectivity index (χ0v) is 10.1. The zero-order valence-electron chi connectivity index (χ0n) is 9.31. The number of hydrogen-bond acceptors (Lipinski definition) is 2. The van der Waals surface area contributed by atoms with E-state index in [4.69, 9.17) is 16.7 Å². The molecule has 0 spiro atoms. The maximum Gasteiger partial charge on any atom is 0.303 e. The minimum Gasteiger partial charge on any atom is -0.481 e. The van der Waals surface area contributed by atoms with Gasteiger partial charge in [0.2, 0.25) is 5.91 Å². The highest BCUT2D eigenvalue weighted by Crippen LogP contribution is 2.38. The van der Waals surface area contributed by atoms with E-state index in [1.165, 1.54) is 0 Å². The first kappa shape index (κ1) is 11.9. The molecule has 0 radical (unpaired) electrons. The van der Waals surface area contributed by atoms with E-state index in [1.807, 2.05) is 0 Å². The second kappa shape index (κ2) is 4.37. The van der Waals surface area contributed by atoms with Gasteiger partial charge in [-0.1, -0.05) is 11.6 Å². The Morgan fingerprint density at radius 1 is 1.59 bits per heavy atom. The summed E-state index contributed by atoms with van der Waals surface area (Å²) in [5.41, 5.74) is 1.58. The predicted molar refractivity (Wildman–Crippen MR) is 64.5 cm³/mol. The molecule has 0 bridgehead atoms. The van der Waals surface area contributed by atoms with Gasteiger partial charge in [0.15, 0.2) is 0 Å². The fourth-order valence-electron chi connectivity index (χ4n) is 2.14. The van der Waals surface area contributed by atoms with Gasteiger partial charge in [-0.15, -0.1) is 0 Å². The Morgan fingerprint density at radius 2 is 2.29 bits per heavy atom. The van der Waals surface area contributed by atoms with Gasteiger partial charge in [-0.05, 0) is 23.8 Å². The molecular formula is C12H12ClNO3. The van der Waals surface area contributed by atoms with Gasteiger partial charge < -0.3 is 10.0 Å². The molecule has 1 aromatic carbocycles. The minimum atomic E-state index is -0.904. The number of rotatable bonds is 2. The van der Waals surface area contributed by atoms with Crippen LogP contribution in [0.15, 0.2) is 18.2 Å². The number of anilines is 1. The number of carboxylic acids is 1. The van der Waals surface area contributed by atoms with E-state index in [9.17, 15) is 9.59 Å². The Labute approximate surface area is 104 Å². The molecule has 1 heterocycles. The van der Waals surface area contributed by atoms with Crippen LogP contribution in [-0.2, 0) is 9.59 Å². The maximum atomic E-state index is 11.7. The van der Waals surface area contributed by atoms with Gasteiger partial charge in [0.1, 0.15) is 0 Å². The number of halogens is 1. The van der Waals surface area contributed by atoms with Crippen molar-refractivity contribution in [2.45, 2.75) is 18.8 Å². The number of carboxylic acid groups (broad SMARTS) is 1. The van der Waals surface area contributed by atoms with E-state index in [0.29, 0.717) is 5.02 Å². The lowest BCUT2D eigenvalue weighted by molar-refractivity contribution is -0.137. The highest BCUT2D eigenvalue weighted by molar-refractivity contribution is 6.30. The van der Waals surface area contributed by atoms with Gasteiger partial charge in [0.05, 0.1) is 6.42 Å². The molecule has 1 aromatic rings. The molecule has 90 valence electrons. The first-order valence-corrected chi connectivity index (χ1v) is 5.64. The molecule has 1 aliphatic heterocycles. The summed E-state index contributed by atoms with van der Waals surface area (Å²) in [5.74, 6) is -1.26. The van der Waals surface area contributed by atoms with Crippen LogP contribution >= 0.6 is 11.6 Å². The molecule has 1 aliphatic rings. The molecule has 5 heteroatoms. The summed E-state index contributed by atoms with van der Waals surface area (Å²) in [6.07, 6.45) is 0.170. The summed E-state index contributed by atoms with van der Waals surface area (Å²) in [6, 6.07) is 5.20. The molecule has 0 fully saturated rings. The largest absolute Gasteiger partial charge is 0.481 e. The van der Waals surface area contributed by atoms with E-state index >= 15 is 0 Å². The first-order chi connectivity index (χ1) is 7.99. The van der Waals surface area contributed by atoms with Crippen molar-refractivity contribution in [2.24, 2.45) is 0 Å². The molecule has 0 aromatic heterocycles. The number of hydrogen-bond donors (Lipinski definition) is 1. The lowest BCUT2D eigenvalue weighted by Gasteiger charge is -2.31. The number of amides is 1. The zero-order chi connectivity index (χ0) is 12.6. The van der Waals surface area contributed by atoms with Crippen molar-refractivity contribution < 1.29 is 14.7 Å². The van der Waals surface area contributed by atoms with Gasteiger partial charge >= 0.3 is 5.97 Å². The normalized spacial score (nSPS) is 19.1. The summed E-state index contributed by atoms with van der Waals surface area (Å²) < 4.78 is 0. The third kappa shape index (κ3) is 2.26. The standard InChI is InChI=1S/C12H12ClNO3/c1-14-10-3-2-8(13)6-9(10)7(4-11(14)15)5-12(16)17/h2-3,6-7H,4-5H2,1H3,(H,16,17). The lowest BCUT2D eigenvalue weighted by Crippen LogP contribution is -2.33. The number of aliphatic carboxylic acids is 1. The van der Waals surface area contributed by atoms with E-state index in [1.54, 1.807) is 30.1 Å². The van der Waals surface area contributed by atoms with Crippen LogP contribution in [-0.4, -0.2) is 24.0 Å². The van der Waals surface area contributed by atoms with Gasteiger partial charge in [-0.25, -0.2) is 0 Å². The SMILES string of the molecule is CN1C(=O)CC(CC(=O)O)c2cc(Cl)ccc21. The van der Waals surface area contributed by atoms with Crippen molar-refractivity contribution in [3.05, 3.63) is 28.8 Å². The summed E-state index contributed by atoms with van der Waals surface area (Å²) in [7, 11) is 1.69. The first-order valence-electron chi connectivity index (χ1n) is 5.27. The third-order valence-electron chi connectivity index (χ3n) is 3.01. The number of benzene rings is 1. The van der Waals surface area contributed by atoms with Crippen LogP contribution in [0.3, 0.4) is 0 Å². The van der Waals surface area contributed by atoms with Gasteiger partial charge in [0, 0.05) is 30.1 Å². The van der Waals surface area contributed by atoms with Crippen LogP contribution in [0, 0.1) is 0 Å². The summed E-state index contributed by atoms with van der Waals surface area (Å²) in [6.45, 7) is 0. The van der Waals surface area contributed by atoms with Gasteiger partial charge in [0.25, 0.3) is 0 Å². The number of fused-ring (bicyclic) bond motifs is 1. The van der Waals surface area contributed by atoms with Crippen LogP contribution in [0.2, 0.25) is 5.02 Å². The molecule has 0 aliphatic carbocycles. The van der Waals surface area contributed by atoms with Crippen LogP contribution in [0.25, 0.3) is 0 Å². The molecule has 2 rings (SSSR count). The molecule has 0 saturated heterocycles. The average molecular weight is 254 g/mol. The molecule has 1 N–H and O–H groups in total. The number of carbonyl (C=O) groups is 2. The van der Waals surface area contributed by atoms with E-state index in [2.05, 4.69) is 0 Å². The van der Waals surface area contributed by atoms with Crippen LogP contribution in [0.1, 0.15) is 24.3 Å². The monoisotopic (exact) mass is 253 g/mol. The molecule has 0 saturated carbocycles. The Kier molecular flexibility index (Phi) is 3.07. The predicted octanol–water partition coefficient (Wildman–Crippen LogP) is 2.26. The molecule has 4 nitrogen and oxygen atoms in total. The molecule has 1 unspecified atom stereocenters. The molecule has 1 amide bonds. The van der Waals surface area contributed by atoms with E-state index < -0.39 is 5.97 Å². The van der Waals surface area contributed by atoms with Crippen molar-refractivity contribution in [3.8, 4) is 0 Å². The van der Waals surface area contributed by atoms with Crippen LogP contribution < -0.4 is 4.90 Å². The lowest BCUT2D eigenvalue weighted by atomic mass is 9.87. The fourth-order valence-corrected chi connectivity index (χ4v) is 2.32. The van der Waals surface area contributed by atoms with E-state index in [-0.39, 0.29) is 24.7 Å². The second-order valence-electron chi connectivity index (χ2n) is 4.15. The quantitative estimate of drug-likeness (QED) is 0.880. The highest BCUT2D eigenvalue weighted by Gasteiger charge is 2.30.